The van der Waals surface area contributed by atoms with Crippen LogP contribution in [-0.2, 0) is 0 Å². The van der Waals surface area contributed by atoms with Crippen LogP contribution in [0.4, 0.5) is 5.82 Å². The van der Waals surface area contributed by atoms with Crippen molar-refractivity contribution in [2.45, 2.75) is 6.92 Å². The summed E-state index contributed by atoms with van der Waals surface area (Å²) in [7, 11) is 1.76. The highest BCUT2D eigenvalue weighted by Gasteiger charge is 1.99. The Morgan fingerprint density at radius 2 is 2.10 bits per heavy atom. The third-order valence-corrected chi connectivity index (χ3v) is 1.23. The van der Waals surface area contributed by atoms with Gasteiger partial charge in [-0.25, -0.2) is 0 Å². The zero-order chi connectivity index (χ0) is 7.56. The quantitative estimate of drug-likeness (QED) is 0.659. The molecule has 0 atom stereocenters. The molecule has 0 aliphatic rings. The van der Waals surface area contributed by atoms with Crippen LogP contribution in [0.2, 0.25) is 5.28 Å². The van der Waals surface area contributed by atoms with E-state index in [9.17, 15) is 0 Å². The van der Waals surface area contributed by atoms with Crippen molar-refractivity contribution in [1.29, 1.82) is 0 Å². The molecule has 5 heteroatoms. The van der Waals surface area contributed by atoms with E-state index in [0.717, 1.165) is 5.69 Å². The van der Waals surface area contributed by atoms with Gasteiger partial charge in [-0.1, -0.05) is 0 Å². The highest BCUT2D eigenvalue weighted by atomic mass is 35.5. The summed E-state index contributed by atoms with van der Waals surface area (Å²) < 4.78 is 0. The van der Waals surface area contributed by atoms with E-state index in [1.54, 1.807) is 7.05 Å². The van der Waals surface area contributed by atoms with Gasteiger partial charge in [0.25, 0.3) is 0 Å². The number of nitrogens with zero attached hydrogens (tertiary/aromatic N) is 3. The minimum Gasteiger partial charge on any atom is -0.371 e. The van der Waals surface area contributed by atoms with E-state index in [2.05, 4.69) is 20.5 Å². The normalized spacial score (nSPS) is 9.50. The maximum Gasteiger partial charge on any atom is 0.244 e. The largest absolute Gasteiger partial charge is 0.371 e. The molecule has 0 radical (unpaired) electrons. The van der Waals surface area contributed by atoms with Gasteiger partial charge in [0.1, 0.15) is 5.69 Å². The minimum absolute atomic E-state index is 0.162. The first-order valence-corrected chi connectivity index (χ1v) is 3.16. The highest BCUT2D eigenvalue weighted by Crippen LogP contribution is 2.07. The molecule has 0 aliphatic heterocycles. The van der Waals surface area contributed by atoms with Crippen LogP contribution in [0.3, 0.4) is 0 Å². The SMILES string of the molecule is CNc1nc(Cl)nnc1C. The molecule has 0 bridgehead atoms. The number of anilines is 1. The molecule has 0 amide bonds. The maximum atomic E-state index is 5.47. The van der Waals surface area contributed by atoms with E-state index >= 15 is 0 Å². The first-order valence-electron chi connectivity index (χ1n) is 2.78. The van der Waals surface area contributed by atoms with Gasteiger partial charge < -0.3 is 5.32 Å². The van der Waals surface area contributed by atoms with Gasteiger partial charge in [0.2, 0.25) is 5.28 Å². The van der Waals surface area contributed by atoms with Crippen molar-refractivity contribution in [2.75, 3.05) is 12.4 Å². The summed E-state index contributed by atoms with van der Waals surface area (Å²) in [5.74, 6) is 0.667. The predicted octanol–water partition coefficient (Wildman–Crippen LogP) is 0.875. The zero-order valence-corrected chi connectivity index (χ0v) is 6.48. The first kappa shape index (κ1) is 7.21. The summed E-state index contributed by atoms with van der Waals surface area (Å²) in [5, 5.41) is 10.3. The van der Waals surface area contributed by atoms with Gasteiger partial charge in [-0.05, 0) is 18.5 Å². The Hall–Kier alpha value is -0.900. The highest BCUT2D eigenvalue weighted by molar-refractivity contribution is 6.28. The van der Waals surface area contributed by atoms with E-state index in [4.69, 9.17) is 11.6 Å². The fraction of sp³-hybridized carbons (Fsp3) is 0.400. The molecule has 0 aromatic carbocycles. The third-order valence-electron chi connectivity index (χ3n) is 1.07. The lowest BCUT2D eigenvalue weighted by atomic mass is 10.5. The number of nitrogens with one attached hydrogen (secondary N) is 1. The van der Waals surface area contributed by atoms with Gasteiger partial charge in [0.05, 0.1) is 0 Å². The Kier molecular flexibility index (Phi) is 2.01. The number of aromatic nitrogens is 3. The average Bonchev–Trinajstić information content (AvgIpc) is 1.94. The van der Waals surface area contributed by atoms with Crippen molar-refractivity contribution in [3.63, 3.8) is 0 Å². The van der Waals surface area contributed by atoms with Crippen LogP contribution in [0, 0.1) is 6.92 Å². The van der Waals surface area contributed by atoms with Gasteiger partial charge in [-0.3, -0.25) is 0 Å². The van der Waals surface area contributed by atoms with Gasteiger partial charge in [-0.2, -0.15) is 4.98 Å². The molecule has 0 saturated carbocycles. The molecule has 0 aliphatic carbocycles. The summed E-state index contributed by atoms with van der Waals surface area (Å²) in [6.45, 7) is 1.81. The van der Waals surface area contributed by atoms with E-state index in [1.807, 2.05) is 6.92 Å². The summed E-state index contributed by atoms with van der Waals surface area (Å²) in [6, 6.07) is 0. The molecule has 1 rings (SSSR count). The molecule has 1 aromatic heterocycles. The lowest BCUT2D eigenvalue weighted by Crippen LogP contribution is -2.00. The van der Waals surface area contributed by atoms with E-state index in [1.165, 1.54) is 0 Å². The van der Waals surface area contributed by atoms with Crippen molar-refractivity contribution in [3.8, 4) is 0 Å². The minimum atomic E-state index is 0.162. The van der Waals surface area contributed by atoms with Gasteiger partial charge in [0.15, 0.2) is 5.82 Å². The predicted molar refractivity (Wildman–Crippen MR) is 39.1 cm³/mol. The molecule has 0 unspecified atom stereocenters. The van der Waals surface area contributed by atoms with Crippen LogP contribution in [0.5, 0.6) is 0 Å². The second kappa shape index (κ2) is 2.79. The van der Waals surface area contributed by atoms with Gasteiger partial charge in [-0.15, -0.1) is 10.2 Å². The zero-order valence-electron chi connectivity index (χ0n) is 5.72. The standard InChI is InChI=1S/C5H7ClN4/c1-3-4(7-2)8-5(6)10-9-3/h1-2H3,(H,7,8,10). The molecule has 0 saturated heterocycles. The Bertz CT molecular complexity index is 237. The smallest absolute Gasteiger partial charge is 0.244 e. The number of halogens is 1. The molecule has 10 heavy (non-hydrogen) atoms. The molecular formula is C5H7ClN4. The molecule has 0 spiro atoms. The van der Waals surface area contributed by atoms with Crippen molar-refractivity contribution in [1.82, 2.24) is 15.2 Å². The Labute approximate surface area is 63.6 Å². The molecular weight excluding hydrogens is 152 g/mol. The molecule has 1 heterocycles. The maximum absolute atomic E-state index is 5.47. The summed E-state index contributed by atoms with van der Waals surface area (Å²) in [4.78, 5) is 3.87. The van der Waals surface area contributed by atoms with Crippen LogP contribution in [-0.4, -0.2) is 22.2 Å². The average molecular weight is 159 g/mol. The van der Waals surface area contributed by atoms with Crippen LogP contribution >= 0.6 is 11.6 Å². The third kappa shape index (κ3) is 1.33. The van der Waals surface area contributed by atoms with Crippen LogP contribution in [0.1, 0.15) is 5.69 Å². The lowest BCUT2D eigenvalue weighted by Gasteiger charge is -1.99. The van der Waals surface area contributed by atoms with Crippen molar-refractivity contribution in [3.05, 3.63) is 11.0 Å². The van der Waals surface area contributed by atoms with Crippen LogP contribution in [0.25, 0.3) is 0 Å². The molecule has 1 N–H and O–H groups in total. The molecule has 4 nitrogen and oxygen atoms in total. The monoisotopic (exact) mass is 158 g/mol. The fourth-order valence-corrected chi connectivity index (χ4v) is 0.718. The second-order valence-corrected chi connectivity index (χ2v) is 2.10. The van der Waals surface area contributed by atoms with E-state index < -0.39 is 0 Å². The number of hydrogen-bond donors (Lipinski definition) is 1. The Morgan fingerprint density at radius 1 is 1.40 bits per heavy atom. The van der Waals surface area contributed by atoms with Crippen molar-refractivity contribution < 1.29 is 0 Å². The van der Waals surface area contributed by atoms with Crippen molar-refractivity contribution in [2.24, 2.45) is 0 Å². The number of aryl methyl sites for hydroxylation is 1. The van der Waals surface area contributed by atoms with Crippen LogP contribution < -0.4 is 5.32 Å². The van der Waals surface area contributed by atoms with Gasteiger partial charge in [0, 0.05) is 7.05 Å². The molecule has 1 aromatic rings. The first-order chi connectivity index (χ1) is 4.74. The topological polar surface area (TPSA) is 50.7 Å². The number of hydrogen-bond acceptors (Lipinski definition) is 4. The van der Waals surface area contributed by atoms with Crippen LogP contribution in [0.15, 0.2) is 0 Å². The van der Waals surface area contributed by atoms with E-state index in [0.29, 0.717) is 5.82 Å². The number of rotatable bonds is 1. The Balaban J connectivity index is 3.09. The second-order valence-electron chi connectivity index (χ2n) is 1.76. The van der Waals surface area contributed by atoms with Crippen molar-refractivity contribution >= 4 is 17.4 Å². The molecule has 0 fully saturated rings. The van der Waals surface area contributed by atoms with E-state index in [-0.39, 0.29) is 5.28 Å². The molecule has 54 valence electrons. The summed E-state index contributed by atoms with van der Waals surface area (Å²) in [5.41, 5.74) is 0.743. The summed E-state index contributed by atoms with van der Waals surface area (Å²) in [6.07, 6.45) is 0. The Morgan fingerprint density at radius 3 is 2.60 bits per heavy atom. The summed E-state index contributed by atoms with van der Waals surface area (Å²) >= 11 is 5.47. The lowest BCUT2D eigenvalue weighted by molar-refractivity contribution is 0.929. The van der Waals surface area contributed by atoms with Gasteiger partial charge >= 0.3 is 0 Å². The fourth-order valence-electron chi connectivity index (χ4n) is 0.596.